The van der Waals surface area contributed by atoms with Crippen molar-refractivity contribution in [3.05, 3.63) is 57.9 Å². The first-order valence-corrected chi connectivity index (χ1v) is 8.87. The molecule has 1 heterocycles. The number of amides is 1. The van der Waals surface area contributed by atoms with Gasteiger partial charge < -0.3 is 5.32 Å². The minimum atomic E-state index is -0.943. The van der Waals surface area contributed by atoms with Gasteiger partial charge in [0.25, 0.3) is 0 Å². The second-order valence-corrected chi connectivity index (χ2v) is 6.46. The maximum atomic E-state index is 13.3. The van der Waals surface area contributed by atoms with E-state index in [1.165, 1.54) is 12.1 Å². The van der Waals surface area contributed by atoms with Gasteiger partial charge in [-0.1, -0.05) is 31.0 Å². The number of nitrogens with zero attached hydrogens (tertiary/aromatic N) is 2. The Bertz CT molecular complexity index is 817. The van der Waals surface area contributed by atoms with Gasteiger partial charge in [-0.3, -0.25) is 9.48 Å². The maximum Gasteiger partial charge on any atom is 0.244 e. The summed E-state index contributed by atoms with van der Waals surface area (Å²) in [6.07, 6.45) is 4.97. The minimum Gasteiger partial charge on any atom is -0.346 e. The van der Waals surface area contributed by atoms with Crippen LogP contribution in [-0.2, 0) is 11.3 Å². The van der Waals surface area contributed by atoms with E-state index in [0.717, 1.165) is 37.2 Å². The first-order valence-electron chi connectivity index (χ1n) is 8.50. The normalized spacial score (nSPS) is 12.5. The average Bonchev–Trinajstić information content (AvgIpc) is 2.87. The quantitative estimate of drug-likeness (QED) is 0.699. The molecular formula is C19H22ClF2N3O. The molecule has 0 spiro atoms. The van der Waals surface area contributed by atoms with Gasteiger partial charge in [-0.2, -0.15) is 5.10 Å². The second kappa shape index (κ2) is 8.94. The molecule has 140 valence electrons. The van der Waals surface area contributed by atoms with Gasteiger partial charge >= 0.3 is 0 Å². The molecule has 7 heteroatoms. The van der Waals surface area contributed by atoms with Gasteiger partial charge in [-0.05, 0) is 44.0 Å². The fourth-order valence-corrected chi connectivity index (χ4v) is 2.82. The van der Waals surface area contributed by atoms with Crippen molar-refractivity contribution in [2.24, 2.45) is 0 Å². The Morgan fingerprint density at radius 2 is 2.12 bits per heavy atom. The SMILES string of the molecule is CCCCn1nc(C)c(/C=C/C(=O)N[C@H](C)c2ccc(F)c(F)c2)c1Cl. The highest BCUT2D eigenvalue weighted by Gasteiger charge is 2.13. The smallest absolute Gasteiger partial charge is 0.244 e. The summed E-state index contributed by atoms with van der Waals surface area (Å²) in [7, 11) is 0. The van der Waals surface area contributed by atoms with E-state index in [4.69, 9.17) is 11.6 Å². The van der Waals surface area contributed by atoms with Crippen LogP contribution in [0.3, 0.4) is 0 Å². The van der Waals surface area contributed by atoms with Crippen LogP contribution in [0, 0.1) is 18.6 Å². The van der Waals surface area contributed by atoms with Crippen molar-refractivity contribution in [2.75, 3.05) is 0 Å². The van der Waals surface area contributed by atoms with Crippen LogP contribution in [0.15, 0.2) is 24.3 Å². The van der Waals surface area contributed by atoms with Gasteiger partial charge in [0.1, 0.15) is 5.15 Å². The Kier molecular flexibility index (Phi) is 6.91. The number of carbonyl (C=O) groups is 1. The van der Waals surface area contributed by atoms with Crippen LogP contribution in [0.1, 0.15) is 49.6 Å². The summed E-state index contributed by atoms with van der Waals surface area (Å²) >= 11 is 6.32. The molecule has 0 saturated heterocycles. The van der Waals surface area contributed by atoms with Crippen LogP contribution >= 0.6 is 11.6 Å². The zero-order chi connectivity index (χ0) is 19.3. The standard InChI is InChI=1S/C19H22ClF2N3O/c1-4-5-10-25-19(20)15(13(3)24-25)7-9-18(26)23-12(2)14-6-8-16(21)17(22)11-14/h6-9,11-12H,4-5,10H2,1-3H3,(H,23,26)/b9-7+/t12-/m1/s1. The Morgan fingerprint density at radius 1 is 1.38 bits per heavy atom. The summed E-state index contributed by atoms with van der Waals surface area (Å²) in [6.45, 7) is 6.34. The predicted octanol–water partition coefficient (Wildman–Crippen LogP) is 4.81. The largest absolute Gasteiger partial charge is 0.346 e. The number of nitrogens with one attached hydrogen (secondary N) is 1. The monoisotopic (exact) mass is 381 g/mol. The highest BCUT2D eigenvalue weighted by atomic mass is 35.5. The number of aromatic nitrogens is 2. The van der Waals surface area contributed by atoms with E-state index in [1.807, 2.05) is 6.92 Å². The van der Waals surface area contributed by atoms with Gasteiger partial charge in [0, 0.05) is 18.2 Å². The van der Waals surface area contributed by atoms with Crippen molar-refractivity contribution in [3.8, 4) is 0 Å². The van der Waals surface area contributed by atoms with Crippen LogP contribution in [-0.4, -0.2) is 15.7 Å². The van der Waals surface area contributed by atoms with Gasteiger partial charge in [-0.25, -0.2) is 8.78 Å². The molecule has 1 aromatic carbocycles. The third kappa shape index (κ3) is 4.91. The van der Waals surface area contributed by atoms with Crippen LogP contribution in [0.25, 0.3) is 6.08 Å². The summed E-state index contributed by atoms with van der Waals surface area (Å²) in [5.41, 5.74) is 1.91. The van der Waals surface area contributed by atoms with Gasteiger partial charge in [0.05, 0.1) is 11.7 Å². The van der Waals surface area contributed by atoms with Crippen LogP contribution in [0.2, 0.25) is 5.15 Å². The second-order valence-electron chi connectivity index (χ2n) is 6.10. The number of hydrogen-bond donors (Lipinski definition) is 1. The van der Waals surface area contributed by atoms with Crippen LogP contribution in [0.4, 0.5) is 8.78 Å². The number of unbranched alkanes of at least 4 members (excludes halogenated alkanes) is 1. The van der Waals surface area contributed by atoms with Gasteiger partial charge in [0.2, 0.25) is 5.91 Å². The van der Waals surface area contributed by atoms with Crippen molar-refractivity contribution < 1.29 is 13.6 Å². The number of benzene rings is 1. The maximum absolute atomic E-state index is 13.3. The molecule has 0 aliphatic rings. The fourth-order valence-electron chi connectivity index (χ4n) is 2.50. The Balaban J connectivity index is 2.05. The molecule has 0 aliphatic carbocycles. The number of halogens is 3. The topological polar surface area (TPSA) is 46.9 Å². The van der Waals surface area contributed by atoms with E-state index in [-0.39, 0.29) is 5.91 Å². The zero-order valence-corrected chi connectivity index (χ0v) is 15.8. The van der Waals surface area contributed by atoms with Crippen molar-refractivity contribution in [1.82, 2.24) is 15.1 Å². The van der Waals surface area contributed by atoms with Crippen LogP contribution in [0.5, 0.6) is 0 Å². The summed E-state index contributed by atoms with van der Waals surface area (Å²) in [6, 6.07) is 3.08. The molecule has 0 bridgehead atoms. The molecule has 26 heavy (non-hydrogen) atoms. The van der Waals surface area contributed by atoms with Crippen LogP contribution < -0.4 is 5.32 Å². The summed E-state index contributed by atoms with van der Waals surface area (Å²) in [4.78, 5) is 12.1. The van der Waals surface area contributed by atoms with Gasteiger partial charge in [0.15, 0.2) is 11.6 Å². The Labute approximate surface area is 156 Å². The highest BCUT2D eigenvalue weighted by molar-refractivity contribution is 6.31. The van der Waals surface area contributed by atoms with Gasteiger partial charge in [-0.15, -0.1) is 0 Å². The Hall–Kier alpha value is -2.21. The van der Waals surface area contributed by atoms with E-state index in [2.05, 4.69) is 17.3 Å². The molecule has 0 saturated carbocycles. The molecule has 1 amide bonds. The van der Waals surface area contributed by atoms with E-state index >= 15 is 0 Å². The molecule has 1 aromatic heterocycles. The van der Waals surface area contributed by atoms with Crippen molar-refractivity contribution in [2.45, 2.75) is 46.2 Å². The summed E-state index contributed by atoms with van der Waals surface area (Å²) in [5, 5.41) is 7.58. The average molecular weight is 382 g/mol. The molecule has 1 N–H and O–H groups in total. The lowest BCUT2D eigenvalue weighted by Crippen LogP contribution is -2.24. The van der Waals surface area contributed by atoms with Crippen molar-refractivity contribution >= 4 is 23.6 Å². The lowest BCUT2D eigenvalue weighted by atomic mass is 10.1. The van der Waals surface area contributed by atoms with E-state index in [1.54, 1.807) is 17.7 Å². The number of carbonyl (C=O) groups excluding carboxylic acids is 1. The molecule has 0 unspecified atom stereocenters. The van der Waals surface area contributed by atoms with E-state index in [0.29, 0.717) is 16.3 Å². The fraction of sp³-hybridized carbons (Fsp3) is 0.368. The zero-order valence-electron chi connectivity index (χ0n) is 15.0. The number of rotatable bonds is 7. The number of aryl methyl sites for hydroxylation is 2. The Morgan fingerprint density at radius 3 is 2.77 bits per heavy atom. The lowest BCUT2D eigenvalue weighted by molar-refractivity contribution is -0.117. The van der Waals surface area contributed by atoms with Crippen molar-refractivity contribution in [1.29, 1.82) is 0 Å². The minimum absolute atomic E-state index is 0.362. The van der Waals surface area contributed by atoms with Crippen molar-refractivity contribution in [3.63, 3.8) is 0 Å². The lowest BCUT2D eigenvalue weighted by Gasteiger charge is -2.13. The summed E-state index contributed by atoms with van der Waals surface area (Å²) < 4.78 is 28.0. The van der Waals surface area contributed by atoms with E-state index < -0.39 is 17.7 Å². The molecule has 0 radical (unpaired) electrons. The first kappa shape index (κ1) is 20.1. The molecule has 1 atom stereocenters. The highest BCUT2D eigenvalue weighted by Crippen LogP contribution is 2.22. The van der Waals surface area contributed by atoms with E-state index in [9.17, 15) is 13.6 Å². The molecule has 2 rings (SSSR count). The first-order chi connectivity index (χ1) is 12.3. The molecule has 0 fully saturated rings. The third-order valence-corrected chi connectivity index (χ3v) is 4.44. The number of hydrogen-bond acceptors (Lipinski definition) is 2. The molecule has 2 aromatic rings. The molecule has 4 nitrogen and oxygen atoms in total. The third-order valence-electron chi connectivity index (χ3n) is 4.04. The predicted molar refractivity (Wildman–Crippen MR) is 98.8 cm³/mol. The molecule has 0 aliphatic heterocycles. The molecular weight excluding hydrogens is 360 g/mol. The summed E-state index contributed by atoms with van der Waals surface area (Å²) in [5.74, 6) is -2.22.